The van der Waals surface area contributed by atoms with E-state index < -0.39 is 5.97 Å². The van der Waals surface area contributed by atoms with Crippen LogP contribution in [-0.4, -0.2) is 28.6 Å². The maximum Gasteiger partial charge on any atom is 0.339 e. The van der Waals surface area contributed by atoms with E-state index in [-0.39, 0.29) is 17.6 Å². The van der Waals surface area contributed by atoms with Crippen LogP contribution in [0.3, 0.4) is 0 Å². The van der Waals surface area contributed by atoms with E-state index in [9.17, 15) is 9.59 Å². The van der Waals surface area contributed by atoms with E-state index in [0.29, 0.717) is 17.3 Å². The standard InChI is InChI=1S/C25H26ClN3O3S/c1-3-20-21-8-6-12-28(21)23-18(16-7-4-5-9-22(16)33-23)14-29(20)25(31)27-19-13-15(26)10-11-17(19)24(30)32-2/h6,8,10-13,20H,3-5,7,9,14H2,1-2H3,(H,27,31)/t20-/m1/s1. The largest absolute Gasteiger partial charge is 0.465 e. The number of nitrogens with zero attached hydrogens (tertiary/aromatic N) is 2. The zero-order chi connectivity index (χ0) is 23.1. The molecule has 2 aliphatic rings. The third-order valence-corrected chi connectivity index (χ3v) is 8.15. The molecule has 0 unspecified atom stereocenters. The molecule has 2 amide bonds. The Balaban J connectivity index is 1.56. The molecule has 172 valence electrons. The van der Waals surface area contributed by atoms with Gasteiger partial charge in [-0.15, -0.1) is 11.3 Å². The summed E-state index contributed by atoms with van der Waals surface area (Å²) in [6.07, 6.45) is 7.45. The van der Waals surface area contributed by atoms with Crippen LogP contribution in [0.2, 0.25) is 5.02 Å². The average molecular weight is 484 g/mol. The molecule has 0 radical (unpaired) electrons. The molecule has 1 atom stereocenters. The molecule has 1 aliphatic heterocycles. The van der Waals surface area contributed by atoms with Crippen molar-refractivity contribution in [3.05, 3.63) is 68.8 Å². The number of fused-ring (bicyclic) bond motifs is 5. The number of thiophene rings is 1. The number of hydrogen-bond donors (Lipinski definition) is 1. The lowest BCUT2D eigenvalue weighted by atomic mass is 9.95. The van der Waals surface area contributed by atoms with Gasteiger partial charge < -0.3 is 19.5 Å². The van der Waals surface area contributed by atoms with Gasteiger partial charge in [0.2, 0.25) is 0 Å². The van der Waals surface area contributed by atoms with E-state index >= 15 is 0 Å². The molecule has 6 nitrogen and oxygen atoms in total. The van der Waals surface area contributed by atoms with Gasteiger partial charge in [-0.3, -0.25) is 0 Å². The third-order valence-electron chi connectivity index (χ3n) is 6.58. The molecule has 1 N–H and O–H groups in total. The highest BCUT2D eigenvalue weighted by atomic mass is 35.5. The average Bonchev–Trinajstić information content (AvgIpc) is 3.40. The number of carbonyl (C=O) groups is 2. The quantitative estimate of drug-likeness (QED) is 0.441. The fourth-order valence-electron chi connectivity index (χ4n) is 5.00. The molecule has 1 aromatic carbocycles. The number of nitrogens with one attached hydrogen (secondary N) is 1. The molecule has 1 aliphatic carbocycles. The van der Waals surface area contributed by atoms with Gasteiger partial charge in [0.1, 0.15) is 5.00 Å². The molecule has 2 aromatic heterocycles. The van der Waals surface area contributed by atoms with E-state index in [1.807, 2.05) is 22.3 Å². The third kappa shape index (κ3) is 3.83. The number of halogens is 1. The normalized spacial score (nSPS) is 16.9. The van der Waals surface area contributed by atoms with Crippen LogP contribution in [0.15, 0.2) is 36.5 Å². The second-order valence-electron chi connectivity index (χ2n) is 8.46. The first-order valence-corrected chi connectivity index (χ1v) is 12.5. The first-order chi connectivity index (χ1) is 16.0. The summed E-state index contributed by atoms with van der Waals surface area (Å²) in [5, 5.41) is 4.61. The van der Waals surface area contributed by atoms with Crippen LogP contribution in [0.25, 0.3) is 5.00 Å². The predicted octanol–water partition coefficient (Wildman–Crippen LogP) is 6.36. The van der Waals surface area contributed by atoms with Crippen LogP contribution < -0.4 is 5.32 Å². The van der Waals surface area contributed by atoms with Gasteiger partial charge in [0.25, 0.3) is 0 Å². The fraction of sp³-hybridized carbons (Fsp3) is 0.360. The molecule has 0 spiro atoms. The fourth-order valence-corrected chi connectivity index (χ4v) is 6.58. The molecule has 3 aromatic rings. The molecule has 8 heteroatoms. The Morgan fingerprint density at radius 2 is 2.03 bits per heavy atom. The summed E-state index contributed by atoms with van der Waals surface area (Å²) in [6.45, 7) is 2.62. The highest BCUT2D eigenvalue weighted by molar-refractivity contribution is 7.15. The zero-order valence-corrected chi connectivity index (χ0v) is 20.3. The number of carbonyl (C=O) groups excluding carboxylic acids is 2. The van der Waals surface area contributed by atoms with Gasteiger partial charge in [0.15, 0.2) is 0 Å². The molecular weight excluding hydrogens is 458 g/mol. The van der Waals surface area contributed by atoms with Crippen LogP contribution in [0.5, 0.6) is 0 Å². The second-order valence-corrected chi connectivity index (χ2v) is 9.98. The minimum absolute atomic E-state index is 0.0976. The summed E-state index contributed by atoms with van der Waals surface area (Å²) in [5.41, 5.74) is 4.38. The zero-order valence-electron chi connectivity index (χ0n) is 18.7. The SMILES string of the molecule is CC[C@@H]1c2cccn2-c2sc3c(c2CN1C(=O)Nc1cc(Cl)ccc1C(=O)OC)CCCC3. The molecular formula is C25H26ClN3O3S. The lowest BCUT2D eigenvalue weighted by molar-refractivity contribution is 0.0602. The Hall–Kier alpha value is -2.77. The number of esters is 1. The van der Waals surface area contributed by atoms with Crippen molar-refractivity contribution in [3.8, 4) is 5.00 Å². The topological polar surface area (TPSA) is 63.6 Å². The minimum atomic E-state index is -0.520. The highest BCUT2D eigenvalue weighted by Gasteiger charge is 2.34. The van der Waals surface area contributed by atoms with E-state index in [1.165, 1.54) is 41.0 Å². The number of urea groups is 1. The number of aromatic nitrogens is 1. The van der Waals surface area contributed by atoms with Crippen LogP contribution in [0, 0.1) is 0 Å². The van der Waals surface area contributed by atoms with Gasteiger partial charge in [0.05, 0.1) is 30.9 Å². The van der Waals surface area contributed by atoms with Gasteiger partial charge in [-0.25, -0.2) is 9.59 Å². The smallest absolute Gasteiger partial charge is 0.339 e. The summed E-state index contributed by atoms with van der Waals surface area (Å²) in [5.74, 6) is -0.520. The number of benzene rings is 1. The van der Waals surface area contributed by atoms with Crippen molar-refractivity contribution in [2.45, 2.75) is 51.6 Å². The van der Waals surface area contributed by atoms with Gasteiger partial charge >= 0.3 is 12.0 Å². The number of anilines is 1. The molecule has 0 saturated heterocycles. The van der Waals surface area contributed by atoms with Crippen molar-refractivity contribution in [2.75, 3.05) is 12.4 Å². The number of rotatable bonds is 3. The van der Waals surface area contributed by atoms with Crippen molar-refractivity contribution < 1.29 is 14.3 Å². The van der Waals surface area contributed by atoms with Crippen LogP contribution in [0.1, 0.15) is 64.3 Å². The number of amides is 2. The number of methoxy groups -OCH3 is 1. The Morgan fingerprint density at radius 1 is 1.21 bits per heavy atom. The van der Waals surface area contributed by atoms with Crippen molar-refractivity contribution in [1.29, 1.82) is 0 Å². The van der Waals surface area contributed by atoms with E-state index in [2.05, 4.69) is 29.1 Å². The van der Waals surface area contributed by atoms with Crippen LogP contribution in [-0.2, 0) is 24.1 Å². The number of aryl methyl sites for hydroxylation is 1. The Morgan fingerprint density at radius 3 is 2.82 bits per heavy atom. The van der Waals surface area contributed by atoms with Gasteiger partial charge in [-0.1, -0.05) is 18.5 Å². The summed E-state index contributed by atoms with van der Waals surface area (Å²) < 4.78 is 7.15. The molecule has 0 fully saturated rings. The van der Waals surface area contributed by atoms with Crippen molar-refractivity contribution in [1.82, 2.24) is 9.47 Å². The molecule has 5 rings (SSSR count). The van der Waals surface area contributed by atoms with Gasteiger partial charge in [-0.05, 0) is 68.0 Å². The Labute approximate surface area is 202 Å². The summed E-state index contributed by atoms with van der Waals surface area (Å²) >= 11 is 8.05. The minimum Gasteiger partial charge on any atom is -0.465 e. The first-order valence-electron chi connectivity index (χ1n) is 11.3. The number of ether oxygens (including phenoxy) is 1. The van der Waals surface area contributed by atoms with E-state index in [4.69, 9.17) is 16.3 Å². The van der Waals surface area contributed by atoms with Crippen molar-refractivity contribution in [2.24, 2.45) is 0 Å². The molecule has 33 heavy (non-hydrogen) atoms. The van der Waals surface area contributed by atoms with Crippen LogP contribution >= 0.6 is 22.9 Å². The second kappa shape index (κ2) is 8.88. The summed E-state index contributed by atoms with van der Waals surface area (Å²) in [4.78, 5) is 29.3. The van der Waals surface area contributed by atoms with E-state index in [1.54, 1.807) is 18.2 Å². The maximum absolute atomic E-state index is 13.7. The number of hydrogen-bond acceptors (Lipinski definition) is 4. The first kappa shape index (κ1) is 22.0. The van der Waals surface area contributed by atoms with Gasteiger partial charge in [0, 0.05) is 27.4 Å². The molecule has 0 bridgehead atoms. The van der Waals surface area contributed by atoms with Crippen molar-refractivity contribution >= 4 is 40.6 Å². The highest BCUT2D eigenvalue weighted by Crippen LogP contribution is 2.43. The van der Waals surface area contributed by atoms with Crippen molar-refractivity contribution in [3.63, 3.8) is 0 Å². The van der Waals surface area contributed by atoms with Crippen LogP contribution in [0.4, 0.5) is 10.5 Å². The molecule has 3 heterocycles. The Kier molecular flexibility index (Phi) is 5.93. The lowest BCUT2D eigenvalue weighted by Crippen LogP contribution is -2.37. The summed E-state index contributed by atoms with van der Waals surface area (Å²) in [6, 6.07) is 8.56. The lowest BCUT2D eigenvalue weighted by Gasteiger charge is -2.30. The Bertz CT molecular complexity index is 1230. The maximum atomic E-state index is 13.7. The monoisotopic (exact) mass is 483 g/mol. The van der Waals surface area contributed by atoms with E-state index in [0.717, 1.165) is 25.0 Å². The van der Waals surface area contributed by atoms with Gasteiger partial charge in [-0.2, -0.15) is 0 Å². The predicted molar refractivity (Wildman–Crippen MR) is 131 cm³/mol. The summed E-state index contributed by atoms with van der Waals surface area (Å²) in [7, 11) is 1.32. The molecule has 0 saturated carbocycles.